The topological polar surface area (TPSA) is 54.0 Å². The van der Waals surface area contributed by atoms with Gasteiger partial charge in [0.05, 0.1) is 24.7 Å². The van der Waals surface area contributed by atoms with Gasteiger partial charge in [0.2, 0.25) is 5.91 Å². The predicted octanol–water partition coefficient (Wildman–Crippen LogP) is 7.70. The largest absolute Gasteiger partial charge is 0.493 e. The second-order valence-electron chi connectivity index (χ2n) is 12.9. The lowest BCUT2D eigenvalue weighted by Gasteiger charge is -2.36. The van der Waals surface area contributed by atoms with Gasteiger partial charge in [-0.2, -0.15) is 12.6 Å². The third-order valence-corrected chi connectivity index (χ3v) is 11.5. The van der Waals surface area contributed by atoms with E-state index in [9.17, 15) is 4.79 Å². The highest BCUT2D eigenvalue weighted by Crippen LogP contribution is 2.48. The molecule has 0 radical (unpaired) electrons. The van der Waals surface area contributed by atoms with E-state index in [4.69, 9.17) is 9.47 Å². The Balaban J connectivity index is 1.17. The van der Waals surface area contributed by atoms with Gasteiger partial charge < -0.3 is 19.7 Å². The number of unbranched alkanes of at least 4 members (excludes halogenated alkanes) is 3. The molecule has 50 heavy (non-hydrogen) atoms. The Kier molecular flexibility index (Phi) is 15.0. The van der Waals surface area contributed by atoms with Crippen LogP contribution >= 0.6 is 24.4 Å². The fraction of sp³-hybridized carbons (Fsp3) is 0.405. The summed E-state index contributed by atoms with van der Waals surface area (Å²) in [5.41, 5.74) is 6.57. The van der Waals surface area contributed by atoms with Crippen LogP contribution in [-0.2, 0) is 22.5 Å². The highest BCUT2D eigenvalue weighted by molar-refractivity contribution is 8.00. The van der Waals surface area contributed by atoms with E-state index in [1.807, 2.05) is 11.8 Å². The number of benzene rings is 4. The van der Waals surface area contributed by atoms with Crippen LogP contribution in [-0.4, -0.2) is 80.7 Å². The molecule has 0 spiro atoms. The van der Waals surface area contributed by atoms with Gasteiger partial charge in [-0.05, 0) is 72.3 Å². The summed E-state index contributed by atoms with van der Waals surface area (Å²) in [6, 6.07) is 37.0. The second kappa shape index (κ2) is 19.8. The number of nitrogens with zero attached hydrogens (tertiary/aromatic N) is 2. The summed E-state index contributed by atoms with van der Waals surface area (Å²) in [6.07, 6.45) is 5.81. The molecule has 4 aromatic carbocycles. The Morgan fingerprint density at radius 2 is 1.34 bits per heavy atom. The van der Waals surface area contributed by atoms with Crippen molar-refractivity contribution in [1.29, 1.82) is 0 Å². The van der Waals surface area contributed by atoms with Crippen molar-refractivity contribution < 1.29 is 14.3 Å². The van der Waals surface area contributed by atoms with Crippen molar-refractivity contribution in [2.45, 2.75) is 43.4 Å². The van der Waals surface area contributed by atoms with Gasteiger partial charge in [-0.1, -0.05) is 104 Å². The van der Waals surface area contributed by atoms with Crippen molar-refractivity contribution in [3.63, 3.8) is 0 Å². The number of hydrogen-bond acceptors (Lipinski definition) is 7. The molecular formula is C42H53N3O3S2. The van der Waals surface area contributed by atoms with Crippen LogP contribution in [0, 0.1) is 0 Å². The maximum absolute atomic E-state index is 12.0. The number of carbonyl (C=O) groups is 1. The molecule has 1 N–H and O–H groups in total. The van der Waals surface area contributed by atoms with E-state index in [-0.39, 0.29) is 16.4 Å². The van der Waals surface area contributed by atoms with Crippen LogP contribution in [0.4, 0.5) is 0 Å². The lowest BCUT2D eigenvalue weighted by molar-refractivity contribution is -0.118. The van der Waals surface area contributed by atoms with Crippen molar-refractivity contribution in [3.8, 4) is 11.5 Å². The number of rotatable bonds is 20. The minimum absolute atomic E-state index is 0.0168. The van der Waals surface area contributed by atoms with Crippen LogP contribution in [0.1, 0.15) is 53.5 Å². The first-order valence-electron chi connectivity index (χ1n) is 17.9. The Labute approximate surface area is 309 Å². The minimum Gasteiger partial charge on any atom is -0.493 e. The van der Waals surface area contributed by atoms with Gasteiger partial charge in [0.15, 0.2) is 11.5 Å². The molecule has 0 aromatic heterocycles. The van der Waals surface area contributed by atoms with Gasteiger partial charge in [0.25, 0.3) is 0 Å². The standard InChI is InChI=1S/C42H53N3O3S2/c1-47-39-30-34-22-26-45(32-35(34)31-40(39)48-2)25-15-4-3-14-24-44(27-23-43-41(46)33-49)28-29-50-42(36-16-8-5-9-17-36,37-18-10-6-11-19-37)38-20-12-7-13-21-38/h5-13,16-21,30-31,49H,3-4,14-15,22-29,32-33H2,1-2H3,(H,43,46). The van der Waals surface area contributed by atoms with E-state index < -0.39 is 0 Å². The molecule has 0 aliphatic carbocycles. The molecule has 8 heteroatoms. The van der Waals surface area contributed by atoms with Gasteiger partial charge in [-0.25, -0.2) is 0 Å². The van der Waals surface area contributed by atoms with Crippen molar-refractivity contribution in [3.05, 3.63) is 131 Å². The first-order valence-corrected chi connectivity index (χ1v) is 19.6. The van der Waals surface area contributed by atoms with E-state index in [2.05, 4.69) is 131 Å². The number of hydrogen-bond donors (Lipinski definition) is 2. The van der Waals surface area contributed by atoms with Gasteiger partial charge in [-0.3, -0.25) is 9.69 Å². The van der Waals surface area contributed by atoms with Crippen molar-refractivity contribution in [1.82, 2.24) is 15.1 Å². The summed E-state index contributed by atoms with van der Waals surface area (Å²) in [7, 11) is 3.41. The average molecular weight is 712 g/mol. The first-order chi connectivity index (χ1) is 24.6. The smallest absolute Gasteiger partial charge is 0.229 e. The highest BCUT2D eigenvalue weighted by atomic mass is 32.2. The van der Waals surface area contributed by atoms with E-state index >= 15 is 0 Å². The summed E-state index contributed by atoms with van der Waals surface area (Å²) in [6.45, 7) is 6.60. The van der Waals surface area contributed by atoms with Crippen LogP contribution in [0.15, 0.2) is 103 Å². The second-order valence-corrected chi connectivity index (χ2v) is 14.5. The molecule has 0 saturated heterocycles. The van der Waals surface area contributed by atoms with E-state index in [0.717, 1.165) is 69.4 Å². The average Bonchev–Trinajstić information content (AvgIpc) is 3.17. The number of amides is 1. The molecule has 0 fully saturated rings. The zero-order valence-corrected chi connectivity index (χ0v) is 31.4. The number of ether oxygens (including phenoxy) is 2. The third kappa shape index (κ3) is 10.1. The van der Waals surface area contributed by atoms with Crippen LogP contribution in [0.2, 0.25) is 0 Å². The molecule has 1 heterocycles. The normalized spacial score (nSPS) is 13.2. The SMILES string of the molecule is COc1cc2c(cc1OC)CN(CCCCCCN(CCNC(=O)CS)CCSC(c1ccccc1)(c1ccccc1)c1ccccc1)CC2. The van der Waals surface area contributed by atoms with E-state index in [1.165, 1.54) is 47.1 Å². The molecule has 1 aliphatic heterocycles. The fourth-order valence-corrected chi connectivity index (χ4v) is 8.67. The molecule has 0 atom stereocenters. The minimum atomic E-state index is -0.331. The summed E-state index contributed by atoms with van der Waals surface area (Å²) >= 11 is 6.15. The number of thioether (sulfide) groups is 1. The highest BCUT2D eigenvalue weighted by Gasteiger charge is 2.36. The van der Waals surface area contributed by atoms with E-state index in [0.29, 0.717) is 6.54 Å². The van der Waals surface area contributed by atoms with Gasteiger partial charge in [0, 0.05) is 38.5 Å². The Morgan fingerprint density at radius 1 is 0.780 bits per heavy atom. The summed E-state index contributed by atoms with van der Waals surface area (Å²) in [5, 5.41) is 3.03. The molecule has 4 aromatic rings. The Hall–Kier alpha value is -3.43. The Morgan fingerprint density at radius 3 is 1.90 bits per heavy atom. The molecule has 5 rings (SSSR count). The summed E-state index contributed by atoms with van der Waals surface area (Å²) < 4.78 is 10.7. The molecule has 0 bridgehead atoms. The Bertz CT molecular complexity index is 1490. The fourth-order valence-electron chi connectivity index (χ4n) is 7.00. The first kappa shape index (κ1) is 37.8. The maximum atomic E-state index is 12.0. The molecular weight excluding hydrogens is 659 g/mol. The number of fused-ring (bicyclic) bond motifs is 1. The van der Waals surface area contributed by atoms with Crippen LogP contribution in [0.3, 0.4) is 0 Å². The lowest BCUT2D eigenvalue weighted by atomic mass is 9.84. The van der Waals surface area contributed by atoms with Crippen molar-refractivity contribution >= 4 is 30.3 Å². The maximum Gasteiger partial charge on any atom is 0.229 e. The van der Waals surface area contributed by atoms with Gasteiger partial charge in [-0.15, -0.1) is 11.8 Å². The quantitative estimate of drug-likeness (QED) is 0.0557. The molecule has 266 valence electrons. The lowest BCUT2D eigenvalue weighted by Crippen LogP contribution is -2.37. The van der Waals surface area contributed by atoms with Crippen LogP contribution in [0.5, 0.6) is 11.5 Å². The number of carbonyl (C=O) groups excluding carboxylic acids is 1. The zero-order valence-electron chi connectivity index (χ0n) is 29.7. The number of thiol groups is 1. The zero-order chi connectivity index (χ0) is 35.0. The molecule has 0 unspecified atom stereocenters. The summed E-state index contributed by atoms with van der Waals surface area (Å²) in [5.74, 6) is 2.78. The summed E-state index contributed by atoms with van der Waals surface area (Å²) in [4.78, 5) is 17.1. The van der Waals surface area contributed by atoms with Crippen molar-refractivity contribution in [2.24, 2.45) is 0 Å². The van der Waals surface area contributed by atoms with Crippen LogP contribution in [0.25, 0.3) is 0 Å². The molecule has 1 amide bonds. The number of methoxy groups -OCH3 is 2. The monoisotopic (exact) mass is 711 g/mol. The number of nitrogens with one attached hydrogen (secondary N) is 1. The van der Waals surface area contributed by atoms with Gasteiger partial charge >= 0.3 is 0 Å². The predicted molar refractivity (Wildman–Crippen MR) is 212 cm³/mol. The molecule has 1 aliphatic rings. The van der Waals surface area contributed by atoms with Crippen LogP contribution < -0.4 is 14.8 Å². The molecule has 6 nitrogen and oxygen atoms in total. The van der Waals surface area contributed by atoms with E-state index in [1.54, 1.807) is 14.2 Å². The third-order valence-electron chi connectivity index (χ3n) is 9.66. The van der Waals surface area contributed by atoms with Crippen molar-refractivity contribution in [2.75, 3.05) is 65.0 Å². The molecule has 0 saturated carbocycles. The van der Waals surface area contributed by atoms with Gasteiger partial charge in [0.1, 0.15) is 0 Å².